The number of hydrogen-bond acceptors (Lipinski definition) is 4. The summed E-state index contributed by atoms with van der Waals surface area (Å²) in [5.74, 6) is 0.490. The van der Waals surface area contributed by atoms with E-state index in [-0.39, 0.29) is 17.4 Å². The molecule has 112 valence electrons. The average Bonchev–Trinajstić information content (AvgIpc) is 2.37. The zero-order valence-electron chi connectivity index (χ0n) is 13.0. The summed E-state index contributed by atoms with van der Waals surface area (Å²) >= 11 is 0. The van der Waals surface area contributed by atoms with Crippen LogP contribution in [0.1, 0.15) is 34.1 Å². The van der Waals surface area contributed by atoms with Crippen molar-refractivity contribution >= 4 is 11.7 Å². The molecule has 0 spiro atoms. The van der Waals surface area contributed by atoms with Crippen LogP contribution in [0.5, 0.6) is 5.75 Å². The molecule has 0 saturated heterocycles. The van der Waals surface area contributed by atoms with Gasteiger partial charge in [-0.2, -0.15) is 0 Å². The molecule has 1 atom stereocenters. The fourth-order valence-corrected chi connectivity index (χ4v) is 2.00. The van der Waals surface area contributed by atoms with Crippen molar-refractivity contribution in [3.63, 3.8) is 0 Å². The number of rotatable bonds is 6. The highest BCUT2D eigenvalue weighted by Crippen LogP contribution is 2.28. The first-order valence-electron chi connectivity index (χ1n) is 6.93. The van der Waals surface area contributed by atoms with Crippen LogP contribution in [0.15, 0.2) is 24.3 Å². The Labute approximate surface area is 121 Å². The van der Waals surface area contributed by atoms with Crippen LogP contribution in [0.2, 0.25) is 0 Å². The molecule has 0 aliphatic heterocycles. The predicted octanol–water partition coefficient (Wildman–Crippen LogP) is 3.48. The van der Waals surface area contributed by atoms with E-state index in [2.05, 4.69) is 26.1 Å². The Kier molecular flexibility index (Phi) is 5.86. The van der Waals surface area contributed by atoms with Crippen LogP contribution >= 0.6 is 0 Å². The van der Waals surface area contributed by atoms with E-state index in [9.17, 15) is 4.79 Å². The molecule has 0 heterocycles. The van der Waals surface area contributed by atoms with Gasteiger partial charge in [0.1, 0.15) is 11.8 Å². The minimum absolute atomic E-state index is 0.0203. The number of esters is 1. The van der Waals surface area contributed by atoms with Crippen LogP contribution < -0.4 is 10.1 Å². The summed E-state index contributed by atoms with van der Waals surface area (Å²) in [7, 11) is 1.61. The zero-order chi connectivity index (χ0) is 15.2. The molecule has 4 heteroatoms. The van der Waals surface area contributed by atoms with Gasteiger partial charge in [0, 0.05) is 0 Å². The Balaban J connectivity index is 2.91. The highest BCUT2D eigenvalue weighted by atomic mass is 16.5. The van der Waals surface area contributed by atoms with E-state index in [0.29, 0.717) is 13.0 Å². The van der Waals surface area contributed by atoms with E-state index in [1.54, 1.807) is 7.11 Å². The topological polar surface area (TPSA) is 47.6 Å². The minimum Gasteiger partial charge on any atom is -0.495 e. The molecule has 0 amide bonds. The van der Waals surface area contributed by atoms with Crippen molar-refractivity contribution in [2.75, 3.05) is 19.0 Å². The minimum atomic E-state index is -0.383. The van der Waals surface area contributed by atoms with Crippen LogP contribution in [-0.4, -0.2) is 25.7 Å². The fraction of sp³-hybridized carbons (Fsp3) is 0.562. The second kappa shape index (κ2) is 7.17. The van der Waals surface area contributed by atoms with Gasteiger partial charge in [-0.3, -0.25) is 0 Å². The van der Waals surface area contributed by atoms with Gasteiger partial charge in [-0.25, -0.2) is 4.79 Å². The molecule has 1 aromatic rings. The molecule has 1 N–H and O–H groups in total. The highest BCUT2D eigenvalue weighted by molar-refractivity contribution is 5.80. The van der Waals surface area contributed by atoms with Crippen LogP contribution in [0, 0.1) is 5.41 Å². The number of anilines is 1. The standard InChI is InChI=1S/C16H25NO3/c1-6-20-15(18)13(11-16(2,3)4)17-12-9-7-8-10-14(12)19-5/h7-10,13,17H,6,11H2,1-5H3. The van der Waals surface area contributed by atoms with Crippen molar-refractivity contribution < 1.29 is 14.3 Å². The molecule has 0 radical (unpaired) electrons. The maximum atomic E-state index is 12.1. The Hall–Kier alpha value is -1.71. The maximum absolute atomic E-state index is 12.1. The zero-order valence-corrected chi connectivity index (χ0v) is 13.0. The van der Waals surface area contributed by atoms with E-state index < -0.39 is 0 Å². The Morgan fingerprint density at radius 2 is 1.95 bits per heavy atom. The number of hydrogen-bond donors (Lipinski definition) is 1. The van der Waals surface area contributed by atoms with Crippen LogP contribution in [0.4, 0.5) is 5.69 Å². The van der Waals surface area contributed by atoms with Crippen molar-refractivity contribution in [1.29, 1.82) is 0 Å². The second-order valence-corrected chi connectivity index (χ2v) is 5.91. The van der Waals surface area contributed by atoms with E-state index >= 15 is 0 Å². The van der Waals surface area contributed by atoms with Gasteiger partial charge < -0.3 is 14.8 Å². The van der Waals surface area contributed by atoms with Gasteiger partial charge in [-0.1, -0.05) is 32.9 Å². The van der Waals surface area contributed by atoms with E-state index in [1.165, 1.54) is 0 Å². The molecule has 0 aliphatic carbocycles. The lowest BCUT2D eigenvalue weighted by molar-refractivity contribution is -0.144. The first kappa shape index (κ1) is 16.3. The molecule has 4 nitrogen and oxygen atoms in total. The van der Waals surface area contributed by atoms with Crippen LogP contribution in [0.25, 0.3) is 0 Å². The summed E-state index contributed by atoms with van der Waals surface area (Å²) < 4.78 is 10.5. The van der Waals surface area contributed by atoms with Crippen LogP contribution in [-0.2, 0) is 9.53 Å². The molecule has 0 fully saturated rings. The molecule has 0 aliphatic rings. The van der Waals surface area contributed by atoms with Crippen molar-refractivity contribution in [2.24, 2.45) is 5.41 Å². The summed E-state index contributed by atoms with van der Waals surface area (Å²) in [4.78, 5) is 12.1. The normalized spacial score (nSPS) is 12.7. The number of carbonyl (C=O) groups is 1. The molecular formula is C16H25NO3. The Morgan fingerprint density at radius 3 is 2.50 bits per heavy atom. The molecule has 1 rings (SSSR count). The Bertz CT molecular complexity index is 438. The smallest absolute Gasteiger partial charge is 0.328 e. The van der Waals surface area contributed by atoms with Gasteiger partial charge in [0.25, 0.3) is 0 Å². The first-order chi connectivity index (χ1) is 9.37. The predicted molar refractivity (Wildman–Crippen MR) is 81.1 cm³/mol. The third-order valence-corrected chi connectivity index (χ3v) is 2.82. The van der Waals surface area contributed by atoms with Gasteiger partial charge >= 0.3 is 5.97 Å². The highest BCUT2D eigenvalue weighted by Gasteiger charge is 2.26. The van der Waals surface area contributed by atoms with Crippen molar-refractivity contribution in [2.45, 2.75) is 40.2 Å². The number of benzene rings is 1. The summed E-state index contributed by atoms with van der Waals surface area (Å²) in [6.45, 7) is 8.50. The monoisotopic (exact) mass is 279 g/mol. The van der Waals surface area contributed by atoms with E-state index in [1.807, 2.05) is 31.2 Å². The molecule has 0 bridgehead atoms. The number of ether oxygens (including phenoxy) is 2. The summed E-state index contributed by atoms with van der Waals surface area (Å²) in [5.41, 5.74) is 0.823. The second-order valence-electron chi connectivity index (χ2n) is 5.91. The molecular weight excluding hydrogens is 254 g/mol. The largest absolute Gasteiger partial charge is 0.495 e. The SMILES string of the molecule is CCOC(=O)C(CC(C)(C)C)Nc1ccccc1OC. The van der Waals surface area contributed by atoms with Gasteiger partial charge in [0.2, 0.25) is 0 Å². The van der Waals surface area contributed by atoms with Crippen molar-refractivity contribution in [1.82, 2.24) is 0 Å². The van der Waals surface area contributed by atoms with Gasteiger partial charge in [-0.15, -0.1) is 0 Å². The fourth-order valence-electron chi connectivity index (χ4n) is 2.00. The van der Waals surface area contributed by atoms with Crippen molar-refractivity contribution in [3.8, 4) is 5.75 Å². The number of nitrogens with one attached hydrogen (secondary N) is 1. The molecule has 1 aromatic carbocycles. The number of para-hydroxylation sites is 2. The third-order valence-electron chi connectivity index (χ3n) is 2.82. The van der Waals surface area contributed by atoms with Gasteiger partial charge in [-0.05, 0) is 30.9 Å². The summed E-state index contributed by atoms with van der Waals surface area (Å²) in [6, 6.07) is 7.18. The first-order valence-corrected chi connectivity index (χ1v) is 6.93. The summed E-state index contributed by atoms with van der Waals surface area (Å²) in [6.07, 6.45) is 0.684. The molecule has 20 heavy (non-hydrogen) atoms. The molecule has 1 unspecified atom stereocenters. The Morgan fingerprint density at radius 1 is 1.30 bits per heavy atom. The number of methoxy groups -OCH3 is 1. The molecule has 0 saturated carbocycles. The van der Waals surface area contributed by atoms with Gasteiger partial charge in [0.05, 0.1) is 19.4 Å². The van der Waals surface area contributed by atoms with Crippen LogP contribution in [0.3, 0.4) is 0 Å². The lowest BCUT2D eigenvalue weighted by Gasteiger charge is -2.26. The lowest BCUT2D eigenvalue weighted by atomic mass is 9.88. The molecule has 0 aromatic heterocycles. The summed E-state index contributed by atoms with van der Waals surface area (Å²) in [5, 5.41) is 3.24. The van der Waals surface area contributed by atoms with E-state index in [0.717, 1.165) is 11.4 Å². The van der Waals surface area contributed by atoms with Gasteiger partial charge in [0.15, 0.2) is 0 Å². The lowest BCUT2D eigenvalue weighted by Crippen LogP contribution is -2.35. The maximum Gasteiger partial charge on any atom is 0.328 e. The third kappa shape index (κ3) is 5.11. The quantitative estimate of drug-likeness (QED) is 0.810. The van der Waals surface area contributed by atoms with E-state index in [4.69, 9.17) is 9.47 Å². The average molecular weight is 279 g/mol. The number of carbonyl (C=O) groups excluding carboxylic acids is 1. The van der Waals surface area contributed by atoms with Crippen molar-refractivity contribution in [3.05, 3.63) is 24.3 Å².